The molecule has 0 saturated heterocycles. The van der Waals surface area contributed by atoms with Crippen LogP contribution in [0.1, 0.15) is 29.9 Å². The van der Waals surface area contributed by atoms with E-state index in [2.05, 4.69) is 18.2 Å². The van der Waals surface area contributed by atoms with Crippen molar-refractivity contribution in [1.82, 2.24) is 0 Å². The van der Waals surface area contributed by atoms with Gasteiger partial charge in [-0.15, -0.1) is 0 Å². The van der Waals surface area contributed by atoms with Crippen LogP contribution < -0.4 is 5.73 Å². The summed E-state index contributed by atoms with van der Waals surface area (Å²) >= 11 is 0. The Kier molecular flexibility index (Phi) is 2.05. The number of benzene rings is 1. The molecular formula is C11H14N2. The Morgan fingerprint density at radius 2 is 2.15 bits per heavy atom. The highest BCUT2D eigenvalue weighted by atomic mass is 14.7. The molecule has 1 aliphatic rings. The lowest BCUT2D eigenvalue weighted by Crippen LogP contribution is -2.24. The molecule has 0 bridgehead atoms. The lowest BCUT2D eigenvalue weighted by Gasteiger charge is -2.24. The molecule has 1 atom stereocenters. The molecule has 0 amide bonds. The fourth-order valence-corrected chi connectivity index (χ4v) is 2.08. The monoisotopic (exact) mass is 174 g/mol. The fourth-order valence-electron chi connectivity index (χ4n) is 2.08. The van der Waals surface area contributed by atoms with Crippen LogP contribution in [0.15, 0.2) is 24.3 Å². The van der Waals surface area contributed by atoms with Gasteiger partial charge in [0, 0.05) is 5.92 Å². The first-order valence-electron chi connectivity index (χ1n) is 4.71. The normalized spacial score (nSPS) is 20.8. The Hall–Kier alpha value is -1.31. The SMILES string of the molecule is N=C(N)C1CCCc2ccccc21. The summed E-state index contributed by atoms with van der Waals surface area (Å²) in [4.78, 5) is 0. The van der Waals surface area contributed by atoms with E-state index >= 15 is 0 Å². The molecule has 0 heterocycles. The van der Waals surface area contributed by atoms with Crippen LogP contribution in [0.2, 0.25) is 0 Å². The predicted octanol–water partition coefficient (Wildman–Crippen LogP) is 2.04. The van der Waals surface area contributed by atoms with E-state index in [-0.39, 0.29) is 5.92 Å². The van der Waals surface area contributed by atoms with E-state index in [9.17, 15) is 0 Å². The van der Waals surface area contributed by atoms with Crippen LogP contribution in [0, 0.1) is 5.41 Å². The second-order valence-electron chi connectivity index (χ2n) is 3.60. The molecule has 3 N–H and O–H groups in total. The van der Waals surface area contributed by atoms with E-state index in [1.165, 1.54) is 11.1 Å². The van der Waals surface area contributed by atoms with E-state index in [0.29, 0.717) is 5.84 Å². The van der Waals surface area contributed by atoms with Crippen LogP contribution in [0.4, 0.5) is 0 Å². The first-order valence-corrected chi connectivity index (χ1v) is 4.71. The summed E-state index contributed by atoms with van der Waals surface area (Å²) in [5, 5.41) is 7.50. The number of fused-ring (bicyclic) bond motifs is 1. The number of nitrogens with two attached hydrogens (primary N) is 1. The van der Waals surface area contributed by atoms with Gasteiger partial charge in [0.15, 0.2) is 0 Å². The van der Waals surface area contributed by atoms with E-state index in [1.807, 2.05) is 6.07 Å². The molecule has 68 valence electrons. The molecule has 0 fully saturated rings. The Morgan fingerprint density at radius 3 is 2.92 bits per heavy atom. The van der Waals surface area contributed by atoms with Crippen LogP contribution in [0.5, 0.6) is 0 Å². The van der Waals surface area contributed by atoms with Gasteiger partial charge in [-0.25, -0.2) is 0 Å². The number of nitrogens with one attached hydrogen (secondary N) is 1. The summed E-state index contributed by atoms with van der Waals surface area (Å²) in [6.07, 6.45) is 3.33. The van der Waals surface area contributed by atoms with Crippen molar-refractivity contribution in [3.8, 4) is 0 Å². The van der Waals surface area contributed by atoms with Crippen molar-refractivity contribution in [2.24, 2.45) is 5.73 Å². The molecule has 1 aromatic rings. The Bertz CT molecular complexity index is 331. The van der Waals surface area contributed by atoms with E-state index in [0.717, 1.165) is 19.3 Å². The fraction of sp³-hybridized carbons (Fsp3) is 0.364. The Labute approximate surface area is 78.3 Å². The molecule has 0 aliphatic heterocycles. The van der Waals surface area contributed by atoms with Crippen LogP contribution in [0.3, 0.4) is 0 Å². The lowest BCUT2D eigenvalue weighted by atomic mass is 9.82. The quantitative estimate of drug-likeness (QED) is 0.497. The summed E-state index contributed by atoms with van der Waals surface area (Å²) in [5.74, 6) is 0.483. The molecule has 2 heteroatoms. The third-order valence-corrected chi connectivity index (χ3v) is 2.74. The minimum atomic E-state index is 0.171. The summed E-state index contributed by atoms with van der Waals surface area (Å²) in [6.45, 7) is 0. The second-order valence-corrected chi connectivity index (χ2v) is 3.60. The molecular weight excluding hydrogens is 160 g/mol. The zero-order valence-corrected chi connectivity index (χ0v) is 7.59. The van der Waals surface area contributed by atoms with Gasteiger partial charge in [0.2, 0.25) is 0 Å². The highest BCUT2D eigenvalue weighted by Crippen LogP contribution is 2.30. The summed E-state index contributed by atoms with van der Waals surface area (Å²) < 4.78 is 0. The average Bonchev–Trinajstić information content (AvgIpc) is 2.17. The number of aryl methyl sites for hydroxylation is 1. The van der Waals surface area contributed by atoms with Crippen molar-refractivity contribution in [2.75, 3.05) is 0 Å². The molecule has 1 aliphatic carbocycles. The van der Waals surface area contributed by atoms with Crippen LogP contribution in [-0.4, -0.2) is 5.84 Å². The molecule has 13 heavy (non-hydrogen) atoms. The topological polar surface area (TPSA) is 49.9 Å². The third-order valence-electron chi connectivity index (χ3n) is 2.74. The van der Waals surface area contributed by atoms with E-state index in [1.54, 1.807) is 0 Å². The molecule has 1 unspecified atom stereocenters. The van der Waals surface area contributed by atoms with Crippen LogP contribution in [-0.2, 0) is 6.42 Å². The van der Waals surface area contributed by atoms with Gasteiger partial charge in [-0.2, -0.15) is 0 Å². The number of amidine groups is 1. The van der Waals surface area contributed by atoms with Crippen molar-refractivity contribution in [2.45, 2.75) is 25.2 Å². The Balaban J connectivity index is 2.42. The summed E-state index contributed by atoms with van der Waals surface area (Å²) in [5.41, 5.74) is 8.20. The largest absolute Gasteiger partial charge is 0.387 e. The summed E-state index contributed by atoms with van der Waals surface area (Å²) in [7, 11) is 0. The van der Waals surface area contributed by atoms with Crippen LogP contribution in [0.25, 0.3) is 0 Å². The first-order chi connectivity index (χ1) is 6.29. The van der Waals surface area contributed by atoms with Crippen molar-refractivity contribution in [1.29, 1.82) is 5.41 Å². The predicted molar refractivity (Wildman–Crippen MR) is 54.0 cm³/mol. The second kappa shape index (κ2) is 3.21. The van der Waals surface area contributed by atoms with Gasteiger partial charge >= 0.3 is 0 Å². The lowest BCUT2D eigenvalue weighted by molar-refractivity contribution is 0.645. The van der Waals surface area contributed by atoms with Gasteiger partial charge in [-0.3, -0.25) is 5.41 Å². The van der Waals surface area contributed by atoms with Gasteiger partial charge in [0.05, 0.1) is 5.84 Å². The van der Waals surface area contributed by atoms with E-state index < -0.39 is 0 Å². The number of hydrogen-bond acceptors (Lipinski definition) is 1. The zero-order chi connectivity index (χ0) is 9.26. The van der Waals surface area contributed by atoms with Gasteiger partial charge < -0.3 is 5.73 Å². The molecule has 1 aromatic carbocycles. The minimum Gasteiger partial charge on any atom is -0.387 e. The van der Waals surface area contributed by atoms with Crippen molar-refractivity contribution in [3.63, 3.8) is 0 Å². The zero-order valence-electron chi connectivity index (χ0n) is 7.59. The Morgan fingerprint density at radius 1 is 1.38 bits per heavy atom. The molecule has 0 saturated carbocycles. The molecule has 2 rings (SSSR count). The number of hydrogen-bond donors (Lipinski definition) is 2. The van der Waals surface area contributed by atoms with Gasteiger partial charge in [-0.1, -0.05) is 24.3 Å². The van der Waals surface area contributed by atoms with Crippen molar-refractivity contribution < 1.29 is 0 Å². The molecule has 0 radical (unpaired) electrons. The van der Waals surface area contributed by atoms with Gasteiger partial charge in [0.25, 0.3) is 0 Å². The van der Waals surface area contributed by atoms with Crippen LogP contribution >= 0.6 is 0 Å². The maximum atomic E-state index is 7.50. The number of rotatable bonds is 1. The molecule has 0 aromatic heterocycles. The van der Waals surface area contributed by atoms with E-state index in [4.69, 9.17) is 11.1 Å². The molecule has 2 nitrogen and oxygen atoms in total. The highest BCUT2D eigenvalue weighted by molar-refractivity contribution is 5.85. The standard InChI is InChI=1S/C11H14N2/c12-11(13)10-7-3-5-8-4-1-2-6-9(8)10/h1-2,4,6,10H,3,5,7H2,(H3,12,13). The van der Waals surface area contributed by atoms with Gasteiger partial charge in [-0.05, 0) is 30.4 Å². The first kappa shape index (κ1) is 8.30. The third kappa shape index (κ3) is 1.44. The van der Waals surface area contributed by atoms with Crippen molar-refractivity contribution >= 4 is 5.84 Å². The highest BCUT2D eigenvalue weighted by Gasteiger charge is 2.21. The van der Waals surface area contributed by atoms with Crippen molar-refractivity contribution in [3.05, 3.63) is 35.4 Å². The smallest absolute Gasteiger partial charge is 0.0982 e. The maximum absolute atomic E-state index is 7.50. The minimum absolute atomic E-state index is 0.171. The maximum Gasteiger partial charge on any atom is 0.0982 e. The van der Waals surface area contributed by atoms with Gasteiger partial charge in [0.1, 0.15) is 0 Å². The molecule has 0 spiro atoms. The summed E-state index contributed by atoms with van der Waals surface area (Å²) in [6, 6.07) is 8.33. The average molecular weight is 174 g/mol.